The van der Waals surface area contributed by atoms with Crippen LogP contribution in [0.2, 0.25) is 0 Å². The van der Waals surface area contributed by atoms with Crippen LogP contribution in [0, 0.1) is 0 Å². The standard InChI is InChI=1S/C10H20N2O2.ClH/c1-4-14-7-10(13)12-6-8(2)11-5-9(12)3;/h8-9,11H,4-7H2,1-3H3;1H. The molecule has 1 N–H and O–H groups in total. The molecule has 1 amide bonds. The molecule has 1 saturated heterocycles. The minimum Gasteiger partial charge on any atom is -0.372 e. The lowest BCUT2D eigenvalue weighted by Gasteiger charge is -2.37. The Morgan fingerprint density at radius 3 is 2.80 bits per heavy atom. The Hall–Kier alpha value is -0.320. The highest BCUT2D eigenvalue weighted by atomic mass is 35.5. The average Bonchev–Trinajstić information content (AvgIpc) is 2.18. The van der Waals surface area contributed by atoms with Gasteiger partial charge in [0.05, 0.1) is 0 Å². The van der Waals surface area contributed by atoms with Gasteiger partial charge in [0.25, 0.3) is 0 Å². The number of nitrogens with zero attached hydrogens (tertiary/aromatic N) is 1. The maximum Gasteiger partial charge on any atom is 0.248 e. The zero-order valence-corrected chi connectivity index (χ0v) is 10.5. The van der Waals surface area contributed by atoms with E-state index in [1.54, 1.807) is 0 Å². The van der Waals surface area contributed by atoms with E-state index in [0.29, 0.717) is 12.6 Å². The van der Waals surface area contributed by atoms with Gasteiger partial charge in [0.1, 0.15) is 6.61 Å². The molecule has 0 spiro atoms. The number of nitrogens with one attached hydrogen (secondary N) is 1. The van der Waals surface area contributed by atoms with E-state index >= 15 is 0 Å². The predicted molar refractivity (Wildman–Crippen MR) is 62.4 cm³/mol. The lowest BCUT2D eigenvalue weighted by molar-refractivity contribution is -0.139. The molecule has 0 aromatic heterocycles. The van der Waals surface area contributed by atoms with Crippen molar-refractivity contribution in [2.45, 2.75) is 32.9 Å². The predicted octanol–water partition coefficient (Wildman–Crippen LogP) is 0.653. The minimum atomic E-state index is 0. The summed E-state index contributed by atoms with van der Waals surface area (Å²) in [5, 5.41) is 3.34. The number of carbonyl (C=O) groups excluding carboxylic acids is 1. The average molecular weight is 237 g/mol. The maximum absolute atomic E-state index is 11.7. The molecular formula is C10H21ClN2O2. The first-order chi connectivity index (χ1) is 6.65. The number of rotatable bonds is 3. The zero-order chi connectivity index (χ0) is 10.6. The molecule has 1 fully saturated rings. The van der Waals surface area contributed by atoms with Crippen LogP contribution >= 0.6 is 12.4 Å². The van der Waals surface area contributed by atoms with Crippen molar-refractivity contribution < 1.29 is 9.53 Å². The zero-order valence-electron chi connectivity index (χ0n) is 9.66. The minimum absolute atomic E-state index is 0. The van der Waals surface area contributed by atoms with E-state index in [-0.39, 0.29) is 31.0 Å². The highest BCUT2D eigenvalue weighted by molar-refractivity contribution is 5.85. The summed E-state index contributed by atoms with van der Waals surface area (Å²) in [5.41, 5.74) is 0. The number of halogens is 1. The van der Waals surface area contributed by atoms with Crippen LogP contribution in [-0.4, -0.2) is 49.2 Å². The molecule has 90 valence electrons. The highest BCUT2D eigenvalue weighted by Gasteiger charge is 2.25. The second-order valence-corrected chi connectivity index (χ2v) is 3.84. The second-order valence-electron chi connectivity index (χ2n) is 3.84. The van der Waals surface area contributed by atoms with Crippen LogP contribution < -0.4 is 5.32 Å². The van der Waals surface area contributed by atoms with Crippen molar-refractivity contribution in [3.05, 3.63) is 0 Å². The first-order valence-electron chi connectivity index (χ1n) is 5.25. The molecule has 2 atom stereocenters. The highest BCUT2D eigenvalue weighted by Crippen LogP contribution is 2.06. The van der Waals surface area contributed by atoms with Crippen molar-refractivity contribution in [2.24, 2.45) is 0 Å². The summed E-state index contributed by atoms with van der Waals surface area (Å²) in [5.74, 6) is 0.104. The van der Waals surface area contributed by atoms with Crippen molar-refractivity contribution in [3.8, 4) is 0 Å². The SMILES string of the molecule is CCOCC(=O)N1CC(C)NCC1C.Cl. The summed E-state index contributed by atoms with van der Waals surface area (Å²) in [7, 11) is 0. The van der Waals surface area contributed by atoms with Crippen LogP contribution in [0.15, 0.2) is 0 Å². The van der Waals surface area contributed by atoms with Crippen molar-refractivity contribution in [1.82, 2.24) is 10.2 Å². The van der Waals surface area contributed by atoms with Gasteiger partial charge in [-0.25, -0.2) is 0 Å². The van der Waals surface area contributed by atoms with Crippen LogP contribution in [0.1, 0.15) is 20.8 Å². The molecule has 15 heavy (non-hydrogen) atoms. The molecule has 5 heteroatoms. The van der Waals surface area contributed by atoms with Crippen LogP contribution in [-0.2, 0) is 9.53 Å². The normalized spacial score (nSPS) is 25.9. The number of piperazine rings is 1. The molecule has 1 aliphatic heterocycles. The van der Waals surface area contributed by atoms with Gasteiger partial charge in [0.2, 0.25) is 5.91 Å². The Morgan fingerprint density at radius 1 is 1.53 bits per heavy atom. The van der Waals surface area contributed by atoms with Gasteiger partial charge in [-0.2, -0.15) is 0 Å². The Bertz CT molecular complexity index is 202. The fourth-order valence-corrected chi connectivity index (χ4v) is 1.64. The smallest absolute Gasteiger partial charge is 0.248 e. The molecule has 4 nitrogen and oxygen atoms in total. The molecule has 0 saturated carbocycles. The molecule has 1 rings (SSSR count). The van der Waals surface area contributed by atoms with Gasteiger partial charge in [-0.15, -0.1) is 12.4 Å². The van der Waals surface area contributed by atoms with Crippen molar-refractivity contribution in [3.63, 3.8) is 0 Å². The number of amides is 1. The molecule has 2 unspecified atom stereocenters. The Morgan fingerprint density at radius 2 is 2.20 bits per heavy atom. The number of hydrogen-bond acceptors (Lipinski definition) is 3. The number of hydrogen-bond donors (Lipinski definition) is 1. The topological polar surface area (TPSA) is 41.6 Å². The Labute approximate surface area is 97.8 Å². The summed E-state index contributed by atoms with van der Waals surface area (Å²) in [6.07, 6.45) is 0. The lowest BCUT2D eigenvalue weighted by atomic mass is 10.1. The van der Waals surface area contributed by atoms with Gasteiger partial charge in [0.15, 0.2) is 0 Å². The van der Waals surface area contributed by atoms with Crippen molar-refractivity contribution >= 4 is 18.3 Å². The van der Waals surface area contributed by atoms with Crippen molar-refractivity contribution in [1.29, 1.82) is 0 Å². The quantitative estimate of drug-likeness (QED) is 0.783. The third-order valence-electron chi connectivity index (χ3n) is 2.51. The van der Waals surface area contributed by atoms with E-state index in [4.69, 9.17) is 4.74 Å². The first kappa shape index (κ1) is 14.7. The molecule has 0 radical (unpaired) electrons. The van der Waals surface area contributed by atoms with Gasteiger partial charge in [-0.1, -0.05) is 0 Å². The van der Waals surface area contributed by atoms with Gasteiger partial charge < -0.3 is 15.0 Å². The van der Waals surface area contributed by atoms with E-state index in [9.17, 15) is 4.79 Å². The van der Waals surface area contributed by atoms with Gasteiger partial charge in [0, 0.05) is 31.8 Å². The lowest BCUT2D eigenvalue weighted by Crippen LogP contribution is -2.57. The molecule has 0 bridgehead atoms. The van der Waals surface area contributed by atoms with E-state index in [0.717, 1.165) is 13.1 Å². The van der Waals surface area contributed by atoms with Crippen LogP contribution in [0.4, 0.5) is 0 Å². The summed E-state index contributed by atoms with van der Waals surface area (Å²) < 4.78 is 5.12. The second kappa shape index (κ2) is 7.04. The number of carbonyl (C=O) groups is 1. The maximum atomic E-state index is 11.7. The fraction of sp³-hybridized carbons (Fsp3) is 0.900. The van der Waals surface area contributed by atoms with E-state index in [2.05, 4.69) is 19.2 Å². The summed E-state index contributed by atoms with van der Waals surface area (Å²) in [6.45, 7) is 8.52. The third-order valence-corrected chi connectivity index (χ3v) is 2.51. The Balaban J connectivity index is 0.00000196. The molecule has 0 aliphatic carbocycles. The third kappa shape index (κ3) is 4.36. The van der Waals surface area contributed by atoms with E-state index in [1.807, 2.05) is 11.8 Å². The molecule has 1 aliphatic rings. The van der Waals surface area contributed by atoms with Gasteiger partial charge in [-0.05, 0) is 20.8 Å². The molecular weight excluding hydrogens is 216 g/mol. The monoisotopic (exact) mass is 236 g/mol. The van der Waals surface area contributed by atoms with Gasteiger partial charge >= 0.3 is 0 Å². The fourth-order valence-electron chi connectivity index (χ4n) is 1.64. The van der Waals surface area contributed by atoms with Crippen LogP contribution in [0.3, 0.4) is 0 Å². The Kier molecular flexibility index (Phi) is 6.89. The summed E-state index contributed by atoms with van der Waals surface area (Å²) in [6, 6.07) is 0.663. The van der Waals surface area contributed by atoms with Crippen LogP contribution in [0.25, 0.3) is 0 Å². The summed E-state index contributed by atoms with van der Waals surface area (Å²) in [4.78, 5) is 13.6. The molecule has 0 aromatic rings. The van der Waals surface area contributed by atoms with E-state index in [1.165, 1.54) is 0 Å². The van der Waals surface area contributed by atoms with Gasteiger partial charge in [-0.3, -0.25) is 4.79 Å². The molecule has 0 aromatic carbocycles. The first-order valence-corrected chi connectivity index (χ1v) is 5.25. The van der Waals surface area contributed by atoms with E-state index < -0.39 is 0 Å². The van der Waals surface area contributed by atoms with Crippen molar-refractivity contribution in [2.75, 3.05) is 26.3 Å². The van der Waals surface area contributed by atoms with Crippen LogP contribution in [0.5, 0.6) is 0 Å². The largest absolute Gasteiger partial charge is 0.372 e. The number of ether oxygens (including phenoxy) is 1. The molecule has 1 heterocycles. The summed E-state index contributed by atoms with van der Waals surface area (Å²) >= 11 is 0.